The van der Waals surface area contributed by atoms with E-state index in [0.717, 1.165) is 5.56 Å². The molecule has 1 aromatic carbocycles. The number of thioether (sulfide) groups is 1. The van der Waals surface area contributed by atoms with E-state index < -0.39 is 6.09 Å². The highest BCUT2D eigenvalue weighted by Gasteiger charge is 2.43. The number of imide groups is 1. The Morgan fingerprint density at radius 1 is 1.35 bits per heavy atom. The molecule has 2 rings (SSSR count). The summed E-state index contributed by atoms with van der Waals surface area (Å²) in [5, 5.41) is 0.0370. The number of ether oxygens (including phenoxy) is 1. The Bertz CT molecular complexity index is 546. The van der Waals surface area contributed by atoms with Gasteiger partial charge in [0.1, 0.15) is 6.61 Å². The van der Waals surface area contributed by atoms with Crippen molar-refractivity contribution in [2.45, 2.75) is 38.5 Å². The lowest BCUT2D eigenvalue weighted by Gasteiger charge is -2.30. The molecule has 2 amide bonds. The Labute approximate surface area is 142 Å². The van der Waals surface area contributed by atoms with Crippen molar-refractivity contribution >= 4 is 23.8 Å². The van der Waals surface area contributed by atoms with Gasteiger partial charge in [-0.2, -0.15) is 11.8 Å². The van der Waals surface area contributed by atoms with Gasteiger partial charge in [0.2, 0.25) is 5.91 Å². The van der Waals surface area contributed by atoms with Gasteiger partial charge >= 0.3 is 6.09 Å². The number of rotatable bonds is 6. The van der Waals surface area contributed by atoms with Crippen LogP contribution >= 0.6 is 11.8 Å². The molecule has 0 aliphatic carbocycles. The molecule has 1 aromatic rings. The van der Waals surface area contributed by atoms with Crippen LogP contribution in [0.5, 0.6) is 0 Å². The maximum Gasteiger partial charge on any atom is 0.416 e. The third kappa shape index (κ3) is 3.71. The van der Waals surface area contributed by atoms with Gasteiger partial charge in [-0.05, 0) is 24.2 Å². The van der Waals surface area contributed by atoms with E-state index in [4.69, 9.17) is 4.74 Å². The van der Waals surface area contributed by atoms with Crippen LogP contribution in [-0.4, -0.2) is 35.8 Å². The van der Waals surface area contributed by atoms with Crippen LogP contribution in [0.1, 0.15) is 38.0 Å². The van der Waals surface area contributed by atoms with Gasteiger partial charge in [-0.25, -0.2) is 9.69 Å². The van der Waals surface area contributed by atoms with E-state index in [-0.39, 0.29) is 29.0 Å². The molecular weight excluding hydrogens is 310 g/mol. The third-order valence-electron chi connectivity index (χ3n) is 4.42. The van der Waals surface area contributed by atoms with Crippen molar-refractivity contribution in [2.75, 3.05) is 12.9 Å². The minimum atomic E-state index is -0.500. The highest BCUT2D eigenvalue weighted by Crippen LogP contribution is 2.38. The largest absolute Gasteiger partial charge is 0.447 e. The Balaban J connectivity index is 2.28. The molecule has 5 heteroatoms. The summed E-state index contributed by atoms with van der Waals surface area (Å²) in [6.45, 7) is 6.32. The average Bonchev–Trinajstić information content (AvgIpc) is 2.94. The third-order valence-corrected chi connectivity index (χ3v) is 5.53. The van der Waals surface area contributed by atoms with E-state index in [1.807, 2.05) is 57.4 Å². The van der Waals surface area contributed by atoms with Crippen molar-refractivity contribution in [2.24, 2.45) is 11.8 Å². The second-order valence-electron chi connectivity index (χ2n) is 6.18. The average molecular weight is 335 g/mol. The van der Waals surface area contributed by atoms with Crippen LogP contribution in [0.15, 0.2) is 30.3 Å². The molecule has 3 atom stereocenters. The van der Waals surface area contributed by atoms with Crippen molar-refractivity contribution in [1.82, 2.24) is 4.90 Å². The van der Waals surface area contributed by atoms with Crippen molar-refractivity contribution in [3.05, 3.63) is 35.9 Å². The molecule has 0 saturated carbocycles. The number of benzene rings is 1. The van der Waals surface area contributed by atoms with Crippen LogP contribution < -0.4 is 0 Å². The van der Waals surface area contributed by atoms with Gasteiger partial charge in [0.25, 0.3) is 0 Å². The first-order valence-corrected chi connectivity index (χ1v) is 9.37. The fraction of sp³-hybridized carbons (Fsp3) is 0.556. The Hall–Kier alpha value is -1.49. The first-order chi connectivity index (χ1) is 11.0. The fourth-order valence-electron chi connectivity index (χ4n) is 3.05. The number of carbonyl (C=O) groups is 2. The van der Waals surface area contributed by atoms with Gasteiger partial charge in [0.15, 0.2) is 0 Å². The van der Waals surface area contributed by atoms with Crippen molar-refractivity contribution in [3.8, 4) is 0 Å². The molecule has 126 valence electrons. The van der Waals surface area contributed by atoms with E-state index in [1.165, 1.54) is 4.90 Å². The standard InChI is InChI=1S/C18H25NO3S/c1-5-14(16(23-4)13-9-7-6-8-10-13)17(20)19-15(12(2)3)11-22-18(19)21/h6-10,12,14-16H,5,11H2,1-4H3/t14?,15?,16-/m1/s1. The van der Waals surface area contributed by atoms with Gasteiger partial charge in [-0.3, -0.25) is 4.79 Å². The highest BCUT2D eigenvalue weighted by molar-refractivity contribution is 7.98. The van der Waals surface area contributed by atoms with E-state index in [1.54, 1.807) is 11.8 Å². The van der Waals surface area contributed by atoms with Gasteiger partial charge < -0.3 is 4.74 Å². The molecule has 4 nitrogen and oxygen atoms in total. The summed E-state index contributed by atoms with van der Waals surface area (Å²) in [4.78, 5) is 26.5. The predicted molar refractivity (Wildman–Crippen MR) is 93.3 cm³/mol. The quantitative estimate of drug-likeness (QED) is 0.784. The van der Waals surface area contributed by atoms with Gasteiger partial charge in [0.05, 0.1) is 12.0 Å². The number of carbonyl (C=O) groups excluding carboxylic acids is 2. The van der Waals surface area contributed by atoms with Gasteiger partial charge in [-0.15, -0.1) is 0 Å². The first kappa shape index (κ1) is 17.9. The lowest BCUT2D eigenvalue weighted by molar-refractivity contribution is -0.134. The maximum atomic E-state index is 13.1. The van der Waals surface area contributed by atoms with E-state index in [9.17, 15) is 9.59 Å². The molecule has 1 saturated heterocycles. The zero-order chi connectivity index (χ0) is 17.0. The van der Waals surface area contributed by atoms with Crippen molar-refractivity contribution in [1.29, 1.82) is 0 Å². The molecule has 1 fully saturated rings. The lowest BCUT2D eigenvalue weighted by atomic mass is 9.93. The Kier molecular flexibility index (Phi) is 6.10. The minimum Gasteiger partial charge on any atom is -0.447 e. The SMILES string of the molecule is CCC(C(=O)N1C(=O)OCC1C(C)C)[C@H](SC)c1ccccc1. The van der Waals surface area contributed by atoms with Crippen LogP contribution in [-0.2, 0) is 9.53 Å². The molecule has 0 bridgehead atoms. The number of amides is 2. The van der Waals surface area contributed by atoms with E-state index >= 15 is 0 Å². The molecule has 0 radical (unpaired) electrons. The number of hydrogen-bond acceptors (Lipinski definition) is 4. The summed E-state index contributed by atoms with van der Waals surface area (Å²) >= 11 is 1.65. The number of hydrogen-bond donors (Lipinski definition) is 0. The zero-order valence-electron chi connectivity index (χ0n) is 14.2. The number of cyclic esters (lactones) is 1. The zero-order valence-corrected chi connectivity index (χ0v) is 15.0. The van der Waals surface area contributed by atoms with Crippen LogP contribution in [0.4, 0.5) is 4.79 Å². The summed E-state index contributed by atoms with van der Waals surface area (Å²) in [7, 11) is 0. The molecule has 1 aliphatic heterocycles. The van der Waals surface area contributed by atoms with Gasteiger partial charge in [-0.1, -0.05) is 51.1 Å². The summed E-state index contributed by atoms with van der Waals surface area (Å²) in [5.41, 5.74) is 1.12. The second kappa shape index (κ2) is 7.86. The van der Waals surface area contributed by atoms with Crippen LogP contribution in [0.2, 0.25) is 0 Å². The van der Waals surface area contributed by atoms with E-state index in [0.29, 0.717) is 13.0 Å². The van der Waals surface area contributed by atoms with Crippen molar-refractivity contribution < 1.29 is 14.3 Å². The smallest absolute Gasteiger partial charge is 0.416 e. The Morgan fingerprint density at radius 2 is 2.00 bits per heavy atom. The van der Waals surface area contributed by atoms with Crippen LogP contribution in [0.3, 0.4) is 0 Å². The summed E-state index contributed by atoms with van der Waals surface area (Å²) < 4.78 is 5.13. The molecule has 0 aromatic heterocycles. The predicted octanol–water partition coefficient (Wildman–Crippen LogP) is 4.12. The minimum absolute atomic E-state index is 0.0370. The first-order valence-electron chi connectivity index (χ1n) is 8.08. The lowest BCUT2D eigenvalue weighted by Crippen LogP contribution is -2.45. The van der Waals surface area contributed by atoms with E-state index in [2.05, 4.69) is 0 Å². The number of nitrogens with zero attached hydrogens (tertiary/aromatic N) is 1. The maximum absolute atomic E-state index is 13.1. The summed E-state index contributed by atoms with van der Waals surface area (Å²) in [6, 6.07) is 9.85. The van der Waals surface area contributed by atoms with Crippen LogP contribution in [0.25, 0.3) is 0 Å². The molecule has 2 unspecified atom stereocenters. The summed E-state index contributed by atoms with van der Waals surface area (Å²) in [5.74, 6) is -0.163. The summed E-state index contributed by atoms with van der Waals surface area (Å²) in [6.07, 6.45) is 2.20. The second-order valence-corrected chi connectivity index (χ2v) is 7.16. The highest BCUT2D eigenvalue weighted by atomic mass is 32.2. The van der Waals surface area contributed by atoms with Crippen LogP contribution in [0, 0.1) is 11.8 Å². The topological polar surface area (TPSA) is 46.6 Å². The normalized spacial score (nSPS) is 20.5. The molecule has 23 heavy (non-hydrogen) atoms. The fourth-order valence-corrected chi connectivity index (χ4v) is 4.12. The molecule has 1 aliphatic rings. The Morgan fingerprint density at radius 3 is 2.52 bits per heavy atom. The molecule has 1 heterocycles. The van der Waals surface area contributed by atoms with Gasteiger partial charge in [0, 0.05) is 5.25 Å². The monoisotopic (exact) mass is 335 g/mol. The van der Waals surface area contributed by atoms with Crippen molar-refractivity contribution in [3.63, 3.8) is 0 Å². The molecule has 0 spiro atoms. The molecule has 0 N–H and O–H groups in total. The molecular formula is C18H25NO3S.